The molecule has 2 aliphatic rings. The lowest BCUT2D eigenvalue weighted by Crippen LogP contribution is -2.49. The highest BCUT2D eigenvalue weighted by Gasteiger charge is 2.32. The first kappa shape index (κ1) is 20.0. The molecule has 0 bridgehead atoms. The molecule has 1 aromatic heterocycles. The van der Waals surface area contributed by atoms with Gasteiger partial charge in [0, 0.05) is 30.7 Å². The summed E-state index contributed by atoms with van der Waals surface area (Å²) in [7, 11) is 0. The van der Waals surface area contributed by atoms with E-state index in [9.17, 15) is 14.0 Å². The number of nitrogens with one attached hydrogen (secondary N) is 1. The summed E-state index contributed by atoms with van der Waals surface area (Å²) in [6, 6.07) is 10.2. The summed E-state index contributed by atoms with van der Waals surface area (Å²) in [5, 5.41) is 4.84. The summed E-state index contributed by atoms with van der Waals surface area (Å²) in [4.78, 5) is 30.2. The fourth-order valence-corrected chi connectivity index (χ4v) is 4.99. The number of thiophene rings is 1. The molecule has 5 nitrogen and oxygen atoms in total. The second kappa shape index (κ2) is 9.05. The van der Waals surface area contributed by atoms with Crippen LogP contribution in [0.3, 0.4) is 0 Å². The SMILES string of the molecule is O=C(Nc1ccc(F)cc1)C1CCN(C2CCN(C(=O)c3cccs3)CC2)CC1. The molecular weight excluding hydrogens is 389 g/mol. The zero-order valence-electron chi connectivity index (χ0n) is 16.4. The molecular formula is C22H26FN3O2S. The molecule has 4 rings (SSSR count). The van der Waals surface area contributed by atoms with Gasteiger partial charge in [-0.05, 0) is 74.5 Å². The van der Waals surface area contributed by atoms with E-state index in [1.54, 1.807) is 12.1 Å². The van der Waals surface area contributed by atoms with Crippen LogP contribution in [-0.4, -0.2) is 53.8 Å². The molecule has 29 heavy (non-hydrogen) atoms. The van der Waals surface area contributed by atoms with Crippen LogP contribution in [0.1, 0.15) is 35.4 Å². The lowest BCUT2D eigenvalue weighted by molar-refractivity contribution is -0.121. The Labute approximate surface area is 174 Å². The van der Waals surface area contributed by atoms with Gasteiger partial charge in [0.2, 0.25) is 5.91 Å². The van der Waals surface area contributed by atoms with Gasteiger partial charge in [-0.3, -0.25) is 9.59 Å². The number of halogens is 1. The molecule has 0 atom stereocenters. The van der Waals surface area contributed by atoms with Gasteiger partial charge < -0.3 is 15.1 Å². The van der Waals surface area contributed by atoms with Gasteiger partial charge >= 0.3 is 0 Å². The Morgan fingerprint density at radius 2 is 1.66 bits per heavy atom. The number of rotatable bonds is 4. The molecule has 1 N–H and O–H groups in total. The molecule has 2 amide bonds. The van der Waals surface area contributed by atoms with E-state index in [2.05, 4.69) is 10.2 Å². The fraction of sp³-hybridized carbons (Fsp3) is 0.455. The number of amides is 2. The van der Waals surface area contributed by atoms with E-state index in [1.807, 2.05) is 22.4 Å². The van der Waals surface area contributed by atoms with E-state index < -0.39 is 0 Å². The third-order valence-electron chi connectivity index (χ3n) is 6.01. The number of nitrogens with zero attached hydrogens (tertiary/aromatic N) is 2. The molecule has 0 aliphatic carbocycles. The highest BCUT2D eigenvalue weighted by atomic mass is 32.1. The van der Waals surface area contributed by atoms with E-state index in [0.29, 0.717) is 11.7 Å². The van der Waals surface area contributed by atoms with Crippen molar-refractivity contribution in [2.75, 3.05) is 31.5 Å². The van der Waals surface area contributed by atoms with Crippen molar-refractivity contribution >= 4 is 28.8 Å². The minimum atomic E-state index is -0.306. The first-order chi connectivity index (χ1) is 14.1. The summed E-state index contributed by atoms with van der Waals surface area (Å²) < 4.78 is 13.0. The maximum atomic E-state index is 13.0. The van der Waals surface area contributed by atoms with Crippen molar-refractivity contribution in [3.8, 4) is 0 Å². The van der Waals surface area contributed by atoms with Gasteiger partial charge in [0.15, 0.2) is 0 Å². The average molecular weight is 416 g/mol. The summed E-state index contributed by atoms with van der Waals surface area (Å²) >= 11 is 1.50. The smallest absolute Gasteiger partial charge is 0.263 e. The number of hydrogen-bond acceptors (Lipinski definition) is 4. The maximum absolute atomic E-state index is 13.0. The average Bonchev–Trinajstić information content (AvgIpc) is 3.30. The Hall–Kier alpha value is -2.25. The molecule has 0 saturated carbocycles. The van der Waals surface area contributed by atoms with Gasteiger partial charge in [-0.2, -0.15) is 0 Å². The van der Waals surface area contributed by atoms with Crippen molar-refractivity contribution in [3.63, 3.8) is 0 Å². The first-order valence-corrected chi connectivity index (χ1v) is 11.1. The van der Waals surface area contributed by atoms with Crippen LogP contribution in [0.2, 0.25) is 0 Å². The Morgan fingerprint density at radius 1 is 0.966 bits per heavy atom. The molecule has 3 heterocycles. The lowest BCUT2D eigenvalue weighted by Gasteiger charge is -2.41. The van der Waals surface area contributed by atoms with Gasteiger partial charge in [0.1, 0.15) is 5.82 Å². The number of carbonyl (C=O) groups is 2. The molecule has 2 aromatic rings. The minimum absolute atomic E-state index is 0.00296. The molecule has 1 aromatic carbocycles. The van der Waals surface area contributed by atoms with E-state index >= 15 is 0 Å². The van der Waals surface area contributed by atoms with Crippen molar-refractivity contribution < 1.29 is 14.0 Å². The van der Waals surface area contributed by atoms with Crippen LogP contribution in [0.5, 0.6) is 0 Å². The van der Waals surface area contributed by atoms with Crippen LogP contribution in [0.4, 0.5) is 10.1 Å². The number of piperidine rings is 2. The largest absolute Gasteiger partial charge is 0.338 e. The number of anilines is 1. The van der Waals surface area contributed by atoms with Crippen molar-refractivity contribution in [2.24, 2.45) is 5.92 Å². The fourth-order valence-electron chi connectivity index (χ4n) is 4.29. The van der Waals surface area contributed by atoms with E-state index in [1.165, 1.54) is 23.5 Å². The zero-order valence-corrected chi connectivity index (χ0v) is 17.2. The standard InChI is InChI=1S/C22H26FN3O2S/c23-17-3-5-18(6-4-17)24-21(27)16-7-11-25(12-8-16)19-9-13-26(14-10-19)22(28)20-2-1-15-29-20/h1-6,15-16,19H,7-14H2,(H,24,27). The van der Waals surface area contributed by atoms with E-state index in [4.69, 9.17) is 0 Å². The topological polar surface area (TPSA) is 52.7 Å². The van der Waals surface area contributed by atoms with Gasteiger partial charge in [0.25, 0.3) is 5.91 Å². The Bertz CT molecular complexity index is 824. The van der Waals surface area contributed by atoms with Crippen molar-refractivity contribution in [1.82, 2.24) is 9.80 Å². The molecule has 2 saturated heterocycles. The molecule has 2 fully saturated rings. The highest BCUT2D eigenvalue weighted by molar-refractivity contribution is 7.12. The van der Waals surface area contributed by atoms with Gasteiger partial charge in [-0.25, -0.2) is 4.39 Å². The molecule has 0 unspecified atom stereocenters. The summed E-state index contributed by atoms with van der Waals surface area (Å²) in [6.45, 7) is 3.41. The molecule has 154 valence electrons. The third kappa shape index (κ3) is 4.85. The molecule has 0 radical (unpaired) electrons. The number of likely N-dealkylation sites (tertiary alicyclic amines) is 2. The zero-order chi connectivity index (χ0) is 20.2. The Balaban J connectivity index is 1.22. The monoisotopic (exact) mass is 415 g/mol. The van der Waals surface area contributed by atoms with Crippen molar-refractivity contribution in [2.45, 2.75) is 31.7 Å². The number of hydrogen-bond donors (Lipinski definition) is 1. The normalized spacial score (nSPS) is 19.3. The van der Waals surface area contributed by atoms with E-state index in [0.717, 1.165) is 56.7 Å². The van der Waals surface area contributed by atoms with Crippen LogP contribution in [0.25, 0.3) is 0 Å². The predicted molar refractivity (Wildman–Crippen MR) is 113 cm³/mol. The third-order valence-corrected chi connectivity index (χ3v) is 6.87. The van der Waals surface area contributed by atoms with Crippen LogP contribution in [0, 0.1) is 11.7 Å². The van der Waals surface area contributed by atoms with Crippen molar-refractivity contribution in [1.29, 1.82) is 0 Å². The quantitative estimate of drug-likeness (QED) is 0.826. The van der Waals surface area contributed by atoms with Gasteiger partial charge in [-0.15, -0.1) is 11.3 Å². The maximum Gasteiger partial charge on any atom is 0.263 e. The van der Waals surface area contributed by atoms with Crippen LogP contribution in [-0.2, 0) is 4.79 Å². The van der Waals surface area contributed by atoms with Gasteiger partial charge in [0.05, 0.1) is 4.88 Å². The second-order valence-corrected chi connectivity index (χ2v) is 8.75. The van der Waals surface area contributed by atoms with Crippen LogP contribution >= 0.6 is 11.3 Å². The number of benzene rings is 1. The summed E-state index contributed by atoms with van der Waals surface area (Å²) in [6.07, 6.45) is 3.65. The first-order valence-electron chi connectivity index (χ1n) is 10.2. The Kier molecular flexibility index (Phi) is 6.25. The van der Waals surface area contributed by atoms with Crippen LogP contribution < -0.4 is 5.32 Å². The Morgan fingerprint density at radius 3 is 2.28 bits per heavy atom. The minimum Gasteiger partial charge on any atom is -0.338 e. The highest BCUT2D eigenvalue weighted by Crippen LogP contribution is 2.26. The lowest BCUT2D eigenvalue weighted by atomic mass is 9.92. The molecule has 2 aliphatic heterocycles. The second-order valence-electron chi connectivity index (χ2n) is 7.81. The summed E-state index contributed by atoms with van der Waals surface area (Å²) in [5.74, 6) is -0.140. The molecule has 0 spiro atoms. The number of carbonyl (C=O) groups excluding carboxylic acids is 2. The van der Waals surface area contributed by atoms with Crippen LogP contribution in [0.15, 0.2) is 41.8 Å². The van der Waals surface area contributed by atoms with Crippen molar-refractivity contribution in [3.05, 3.63) is 52.5 Å². The predicted octanol–water partition coefficient (Wildman–Crippen LogP) is 3.84. The summed E-state index contributed by atoms with van der Waals surface area (Å²) in [5.41, 5.74) is 0.640. The van der Waals surface area contributed by atoms with Gasteiger partial charge in [-0.1, -0.05) is 6.07 Å². The van der Waals surface area contributed by atoms with E-state index in [-0.39, 0.29) is 23.5 Å². The molecule has 7 heteroatoms.